The Bertz CT molecular complexity index is 324. The van der Waals surface area contributed by atoms with Crippen molar-refractivity contribution < 1.29 is 4.79 Å². The van der Waals surface area contributed by atoms with E-state index < -0.39 is 0 Å². The average Bonchev–Trinajstić information content (AvgIpc) is 2.63. The van der Waals surface area contributed by atoms with Crippen LogP contribution in [0, 0.1) is 5.92 Å². The SMILES string of the molecule is CCCC(CCC)CN=C1NC(=O)C(C)(CCC)S1. The fourth-order valence-electron chi connectivity index (χ4n) is 2.58. The second kappa shape index (κ2) is 7.93. The first-order valence-electron chi connectivity index (χ1n) is 7.60. The van der Waals surface area contributed by atoms with Gasteiger partial charge < -0.3 is 5.32 Å². The van der Waals surface area contributed by atoms with Gasteiger partial charge in [0.2, 0.25) is 5.91 Å². The minimum absolute atomic E-state index is 0.126. The number of carbonyl (C=O) groups excluding carboxylic acids is 1. The van der Waals surface area contributed by atoms with Crippen LogP contribution in [0.15, 0.2) is 4.99 Å². The normalized spacial score (nSPS) is 25.3. The van der Waals surface area contributed by atoms with Crippen molar-refractivity contribution in [3.8, 4) is 0 Å². The molecule has 110 valence electrons. The first kappa shape index (κ1) is 16.5. The summed E-state index contributed by atoms with van der Waals surface area (Å²) in [5, 5.41) is 3.77. The lowest BCUT2D eigenvalue weighted by Crippen LogP contribution is -2.33. The summed E-state index contributed by atoms with van der Waals surface area (Å²) in [5.41, 5.74) is 0. The molecule has 19 heavy (non-hydrogen) atoms. The molecule has 1 heterocycles. The highest BCUT2D eigenvalue weighted by molar-refractivity contribution is 8.16. The van der Waals surface area contributed by atoms with Gasteiger partial charge in [0.05, 0.1) is 4.75 Å². The molecule has 1 amide bonds. The van der Waals surface area contributed by atoms with Gasteiger partial charge in [0.15, 0.2) is 5.17 Å². The smallest absolute Gasteiger partial charge is 0.242 e. The Morgan fingerprint density at radius 2 is 1.84 bits per heavy atom. The molecule has 1 aliphatic rings. The van der Waals surface area contributed by atoms with Gasteiger partial charge in [-0.3, -0.25) is 9.79 Å². The van der Waals surface area contributed by atoms with Crippen molar-refractivity contribution in [2.45, 2.75) is 71.0 Å². The molecule has 1 fully saturated rings. The van der Waals surface area contributed by atoms with Crippen LogP contribution in [-0.4, -0.2) is 22.4 Å². The van der Waals surface area contributed by atoms with Crippen LogP contribution in [0.1, 0.15) is 66.2 Å². The average molecular weight is 284 g/mol. The Morgan fingerprint density at radius 1 is 1.21 bits per heavy atom. The molecule has 0 aliphatic carbocycles. The monoisotopic (exact) mass is 284 g/mol. The largest absolute Gasteiger partial charge is 0.304 e. The fraction of sp³-hybridized carbons (Fsp3) is 0.867. The molecule has 1 rings (SSSR count). The summed E-state index contributed by atoms with van der Waals surface area (Å²) in [5.74, 6) is 0.790. The zero-order valence-electron chi connectivity index (χ0n) is 12.8. The Labute approximate surface area is 122 Å². The summed E-state index contributed by atoms with van der Waals surface area (Å²) in [6.45, 7) is 9.44. The highest BCUT2D eigenvalue weighted by atomic mass is 32.2. The molecular formula is C15H28N2OS. The van der Waals surface area contributed by atoms with E-state index in [1.807, 2.05) is 6.92 Å². The van der Waals surface area contributed by atoms with Crippen molar-refractivity contribution in [1.29, 1.82) is 0 Å². The number of amides is 1. The summed E-state index contributed by atoms with van der Waals surface area (Å²) >= 11 is 1.61. The van der Waals surface area contributed by atoms with Gasteiger partial charge in [0, 0.05) is 6.54 Å². The van der Waals surface area contributed by atoms with Gasteiger partial charge in [-0.15, -0.1) is 0 Å². The van der Waals surface area contributed by atoms with Crippen LogP contribution in [0.25, 0.3) is 0 Å². The summed E-state index contributed by atoms with van der Waals surface area (Å²) < 4.78 is -0.307. The molecule has 0 aromatic heterocycles. The number of amidine groups is 1. The van der Waals surface area contributed by atoms with Gasteiger partial charge in [0.1, 0.15) is 0 Å². The van der Waals surface area contributed by atoms with E-state index in [9.17, 15) is 4.79 Å². The van der Waals surface area contributed by atoms with Gasteiger partial charge in [-0.05, 0) is 32.1 Å². The zero-order valence-corrected chi connectivity index (χ0v) is 13.6. The predicted octanol–water partition coefficient (Wildman–Crippen LogP) is 3.98. The number of thioether (sulfide) groups is 1. The number of hydrogen-bond donors (Lipinski definition) is 1. The second-order valence-electron chi connectivity index (χ2n) is 5.63. The fourth-order valence-corrected chi connectivity index (χ4v) is 3.74. The summed E-state index contributed by atoms with van der Waals surface area (Å²) in [6.07, 6.45) is 6.82. The molecule has 1 aliphatic heterocycles. The molecule has 1 unspecified atom stereocenters. The molecule has 3 nitrogen and oxygen atoms in total. The number of hydrogen-bond acceptors (Lipinski definition) is 3. The Hall–Kier alpha value is -0.510. The maximum Gasteiger partial charge on any atom is 0.242 e. The zero-order chi connectivity index (χ0) is 14.3. The topological polar surface area (TPSA) is 41.5 Å². The Balaban J connectivity index is 2.56. The van der Waals surface area contributed by atoms with E-state index in [1.54, 1.807) is 11.8 Å². The third-order valence-electron chi connectivity index (χ3n) is 3.64. The lowest BCUT2D eigenvalue weighted by molar-refractivity contribution is -0.121. The molecule has 0 saturated carbocycles. The van der Waals surface area contributed by atoms with Crippen molar-refractivity contribution in [2.24, 2.45) is 10.9 Å². The lowest BCUT2D eigenvalue weighted by Gasteiger charge is -2.16. The van der Waals surface area contributed by atoms with E-state index in [0.717, 1.165) is 24.6 Å². The number of carbonyl (C=O) groups is 1. The van der Waals surface area contributed by atoms with Crippen LogP contribution in [-0.2, 0) is 4.79 Å². The first-order chi connectivity index (χ1) is 9.05. The minimum atomic E-state index is -0.307. The Morgan fingerprint density at radius 3 is 2.37 bits per heavy atom. The van der Waals surface area contributed by atoms with Crippen molar-refractivity contribution in [1.82, 2.24) is 5.32 Å². The van der Waals surface area contributed by atoms with E-state index >= 15 is 0 Å². The number of nitrogens with zero attached hydrogens (tertiary/aromatic N) is 1. The molecule has 1 N–H and O–H groups in total. The van der Waals surface area contributed by atoms with Crippen molar-refractivity contribution in [2.75, 3.05) is 6.54 Å². The highest BCUT2D eigenvalue weighted by Gasteiger charge is 2.41. The van der Waals surface area contributed by atoms with Crippen LogP contribution < -0.4 is 5.32 Å². The van der Waals surface area contributed by atoms with Gasteiger partial charge in [-0.1, -0.05) is 51.8 Å². The van der Waals surface area contributed by atoms with Gasteiger partial charge in [-0.2, -0.15) is 0 Å². The molecule has 0 aromatic rings. The van der Waals surface area contributed by atoms with Crippen LogP contribution >= 0.6 is 11.8 Å². The molecule has 1 saturated heterocycles. The third-order valence-corrected chi connectivity index (χ3v) is 4.90. The molecule has 0 spiro atoms. The lowest BCUT2D eigenvalue weighted by atomic mass is 9.99. The van der Waals surface area contributed by atoms with Crippen LogP contribution in [0.4, 0.5) is 0 Å². The summed E-state index contributed by atoms with van der Waals surface area (Å²) in [7, 11) is 0. The van der Waals surface area contributed by atoms with E-state index in [4.69, 9.17) is 0 Å². The van der Waals surface area contributed by atoms with Gasteiger partial charge in [-0.25, -0.2) is 0 Å². The van der Waals surface area contributed by atoms with Crippen molar-refractivity contribution >= 4 is 22.8 Å². The van der Waals surface area contributed by atoms with E-state index in [0.29, 0.717) is 5.92 Å². The number of aliphatic imine (C=N–C) groups is 1. The Kier molecular flexibility index (Phi) is 6.90. The number of rotatable bonds is 8. The van der Waals surface area contributed by atoms with Crippen molar-refractivity contribution in [3.05, 3.63) is 0 Å². The summed E-state index contributed by atoms with van der Waals surface area (Å²) in [4.78, 5) is 16.6. The third kappa shape index (κ3) is 4.83. The van der Waals surface area contributed by atoms with E-state index in [1.165, 1.54) is 25.7 Å². The molecule has 0 radical (unpaired) electrons. The van der Waals surface area contributed by atoms with E-state index in [-0.39, 0.29) is 10.7 Å². The van der Waals surface area contributed by atoms with Gasteiger partial charge >= 0.3 is 0 Å². The standard InChI is InChI=1S/C15H28N2OS/c1-5-8-12(9-6-2)11-16-14-17-13(18)15(4,19-14)10-7-3/h12H,5-11H2,1-4H3,(H,16,17,18). The van der Waals surface area contributed by atoms with Crippen LogP contribution in [0.5, 0.6) is 0 Å². The predicted molar refractivity (Wildman–Crippen MR) is 84.7 cm³/mol. The minimum Gasteiger partial charge on any atom is -0.304 e. The molecular weight excluding hydrogens is 256 g/mol. The second-order valence-corrected chi connectivity index (χ2v) is 7.12. The summed E-state index contributed by atoms with van der Waals surface area (Å²) in [6, 6.07) is 0. The molecule has 1 atom stereocenters. The van der Waals surface area contributed by atoms with Crippen molar-refractivity contribution in [3.63, 3.8) is 0 Å². The van der Waals surface area contributed by atoms with E-state index in [2.05, 4.69) is 31.1 Å². The molecule has 0 bridgehead atoms. The molecule has 0 aromatic carbocycles. The van der Waals surface area contributed by atoms with Crippen LogP contribution in [0.3, 0.4) is 0 Å². The quantitative estimate of drug-likeness (QED) is 0.732. The maximum atomic E-state index is 12.0. The first-order valence-corrected chi connectivity index (χ1v) is 8.42. The number of nitrogens with one attached hydrogen (secondary N) is 1. The highest BCUT2D eigenvalue weighted by Crippen LogP contribution is 2.35. The maximum absolute atomic E-state index is 12.0. The van der Waals surface area contributed by atoms with Crippen LogP contribution in [0.2, 0.25) is 0 Å². The van der Waals surface area contributed by atoms with Gasteiger partial charge in [0.25, 0.3) is 0 Å². The molecule has 4 heteroatoms.